The molecular weight excluding hydrogens is 442 g/mol. The molecule has 0 bridgehead atoms. The average molecular weight is 460 g/mol. The lowest BCUT2D eigenvalue weighted by atomic mass is 10.1. The van der Waals surface area contributed by atoms with Gasteiger partial charge in [-0.1, -0.05) is 35.9 Å². The fourth-order valence-electron chi connectivity index (χ4n) is 3.38. The zero-order valence-electron chi connectivity index (χ0n) is 17.4. The Labute approximate surface area is 194 Å². The molecule has 0 spiro atoms. The SMILES string of the molecule is N#CCCN(C(=O)COC(=O)c1cc(-c2ccco2)nc2ccccc12)c1cccc(Cl)c1. The Kier molecular flexibility index (Phi) is 6.67. The summed E-state index contributed by atoms with van der Waals surface area (Å²) in [4.78, 5) is 31.8. The van der Waals surface area contributed by atoms with Crippen LogP contribution in [0.5, 0.6) is 0 Å². The minimum atomic E-state index is -0.666. The number of carbonyl (C=O) groups excluding carboxylic acids is 2. The fraction of sp³-hybridized carbons (Fsp3) is 0.120. The summed E-state index contributed by atoms with van der Waals surface area (Å²) in [6, 6.07) is 20.9. The quantitative estimate of drug-likeness (QED) is 0.350. The van der Waals surface area contributed by atoms with Crippen molar-refractivity contribution < 1.29 is 18.7 Å². The lowest BCUT2D eigenvalue weighted by Gasteiger charge is -2.22. The first-order valence-electron chi connectivity index (χ1n) is 10.1. The Hall–Kier alpha value is -4.15. The van der Waals surface area contributed by atoms with Crippen LogP contribution in [-0.2, 0) is 9.53 Å². The van der Waals surface area contributed by atoms with Gasteiger partial charge < -0.3 is 14.1 Å². The van der Waals surface area contributed by atoms with Crippen LogP contribution < -0.4 is 4.90 Å². The highest BCUT2D eigenvalue weighted by Gasteiger charge is 2.21. The summed E-state index contributed by atoms with van der Waals surface area (Å²) < 4.78 is 10.8. The first kappa shape index (κ1) is 22.1. The van der Waals surface area contributed by atoms with E-state index in [9.17, 15) is 9.59 Å². The maximum absolute atomic E-state index is 13.0. The van der Waals surface area contributed by atoms with Gasteiger partial charge in [-0.3, -0.25) is 4.79 Å². The summed E-state index contributed by atoms with van der Waals surface area (Å²) >= 11 is 6.05. The van der Waals surface area contributed by atoms with E-state index in [1.165, 1.54) is 11.2 Å². The number of furan rings is 1. The van der Waals surface area contributed by atoms with E-state index < -0.39 is 18.5 Å². The monoisotopic (exact) mass is 459 g/mol. The van der Waals surface area contributed by atoms with Gasteiger partial charge in [-0.15, -0.1) is 0 Å². The van der Waals surface area contributed by atoms with Crippen LogP contribution in [0, 0.1) is 11.3 Å². The zero-order chi connectivity index (χ0) is 23.2. The number of hydrogen-bond acceptors (Lipinski definition) is 6. The van der Waals surface area contributed by atoms with E-state index in [4.69, 9.17) is 26.0 Å². The number of amides is 1. The number of nitriles is 1. The number of para-hydroxylation sites is 1. The zero-order valence-corrected chi connectivity index (χ0v) is 18.2. The van der Waals surface area contributed by atoms with Crippen molar-refractivity contribution >= 4 is 40.1 Å². The van der Waals surface area contributed by atoms with Crippen molar-refractivity contribution in [2.75, 3.05) is 18.1 Å². The molecular formula is C25H18ClN3O4. The van der Waals surface area contributed by atoms with Crippen LogP contribution in [0.15, 0.2) is 77.4 Å². The third kappa shape index (κ3) is 5.03. The van der Waals surface area contributed by atoms with Crippen molar-refractivity contribution in [2.45, 2.75) is 6.42 Å². The van der Waals surface area contributed by atoms with E-state index in [0.29, 0.717) is 33.1 Å². The molecule has 0 saturated heterocycles. The first-order chi connectivity index (χ1) is 16.1. The lowest BCUT2D eigenvalue weighted by molar-refractivity contribution is -0.121. The van der Waals surface area contributed by atoms with Gasteiger partial charge in [0.2, 0.25) is 0 Å². The summed E-state index contributed by atoms with van der Waals surface area (Å²) in [5.41, 5.74) is 1.87. The predicted molar refractivity (Wildman–Crippen MR) is 124 cm³/mol. The number of hydrogen-bond donors (Lipinski definition) is 0. The molecule has 8 heteroatoms. The Morgan fingerprint density at radius 2 is 1.94 bits per heavy atom. The standard InChI is InChI=1S/C25H18ClN3O4/c26-17-6-3-7-18(14-17)29(12-5-11-27)24(30)16-33-25(31)20-15-22(23-10-4-13-32-23)28-21-9-2-1-8-19(20)21/h1-4,6-10,13-15H,5,12,16H2. The topological polar surface area (TPSA) is 96.4 Å². The highest BCUT2D eigenvalue weighted by Crippen LogP contribution is 2.26. The van der Waals surface area contributed by atoms with Crippen LogP contribution in [0.25, 0.3) is 22.4 Å². The number of benzene rings is 2. The molecule has 4 aromatic rings. The molecule has 0 fully saturated rings. The van der Waals surface area contributed by atoms with Crippen LogP contribution in [0.1, 0.15) is 16.8 Å². The second-order valence-electron chi connectivity index (χ2n) is 7.06. The van der Waals surface area contributed by atoms with Crippen molar-refractivity contribution in [3.63, 3.8) is 0 Å². The van der Waals surface area contributed by atoms with Crippen molar-refractivity contribution in [1.29, 1.82) is 5.26 Å². The van der Waals surface area contributed by atoms with Crippen LogP contribution >= 0.6 is 11.6 Å². The molecule has 2 aromatic carbocycles. The van der Waals surface area contributed by atoms with E-state index in [-0.39, 0.29) is 18.5 Å². The van der Waals surface area contributed by atoms with E-state index in [2.05, 4.69) is 4.98 Å². The highest BCUT2D eigenvalue weighted by molar-refractivity contribution is 6.30. The molecule has 4 rings (SSSR count). The predicted octanol–water partition coefficient (Wildman–Crippen LogP) is 5.25. The second-order valence-corrected chi connectivity index (χ2v) is 7.50. The van der Waals surface area contributed by atoms with Gasteiger partial charge in [0.15, 0.2) is 12.4 Å². The Morgan fingerprint density at radius 1 is 1.09 bits per heavy atom. The average Bonchev–Trinajstić information content (AvgIpc) is 3.37. The lowest BCUT2D eigenvalue weighted by Crippen LogP contribution is -2.35. The first-order valence-corrected chi connectivity index (χ1v) is 10.5. The minimum Gasteiger partial charge on any atom is -0.463 e. The molecule has 0 aliphatic carbocycles. The summed E-state index contributed by atoms with van der Waals surface area (Å²) in [5, 5.41) is 10.0. The molecule has 0 atom stereocenters. The van der Waals surface area contributed by atoms with Crippen LogP contribution in [0.2, 0.25) is 5.02 Å². The maximum atomic E-state index is 13.0. The number of aromatic nitrogens is 1. The third-order valence-electron chi connectivity index (χ3n) is 4.90. The largest absolute Gasteiger partial charge is 0.463 e. The Morgan fingerprint density at radius 3 is 2.70 bits per heavy atom. The Balaban J connectivity index is 1.57. The number of ether oxygens (including phenoxy) is 1. The minimum absolute atomic E-state index is 0.119. The molecule has 164 valence electrons. The molecule has 1 amide bonds. The Bertz CT molecular complexity index is 1350. The molecule has 0 saturated carbocycles. The van der Waals surface area contributed by atoms with Gasteiger partial charge in [-0.25, -0.2) is 9.78 Å². The van der Waals surface area contributed by atoms with Gasteiger partial charge in [0.05, 0.1) is 29.8 Å². The second kappa shape index (κ2) is 9.98. The molecule has 7 nitrogen and oxygen atoms in total. The molecule has 33 heavy (non-hydrogen) atoms. The smallest absolute Gasteiger partial charge is 0.339 e. The summed E-state index contributed by atoms with van der Waals surface area (Å²) in [7, 11) is 0. The summed E-state index contributed by atoms with van der Waals surface area (Å²) in [6.45, 7) is -0.350. The molecule has 2 aromatic heterocycles. The van der Waals surface area contributed by atoms with Gasteiger partial charge in [0.1, 0.15) is 5.69 Å². The molecule has 2 heterocycles. The molecule has 0 N–H and O–H groups in total. The van der Waals surface area contributed by atoms with Crippen LogP contribution in [0.3, 0.4) is 0 Å². The summed E-state index contributed by atoms with van der Waals surface area (Å²) in [5.74, 6) is -0.624. The van der Waals surface area contributed by atoms with Gasteiger partial charge in [0.25, 0.3) is 5.91 Å². The van der Waals surface area contributed by atoms with E-state index in [1.807, 2.05) is 12.1 Å². The van der Waals surface area contributed by atoms with E-state index >= 15 is 0 Å². The third-order valence-corrected chi connectivity index (χ3v) is 5.14. The number of esters is 1. The normalized spacial score (nSPS) is 10.5. The van der Waals surface area contributed by atoms with Gasteiger partial charge in [-0.05, 0) is 42.5 Å². The van der Waals surface area contributed by atoms with Crippen molar-refractivity contribution in [1.82, 2.24) is 4.98 Å². The van der Waals surface area contributed by atoms with Gasteiger partial charge >= 0.3 is 5.97 Å². The molecule has 0 radical (unpaired) electrons. The van der Waals surface area contributed by atoms with Crippen molar-refractivity contribution in [3.05, 3.63) is 83.6 Å². The molecule has 0 aliphatic heterocycles. The number of pyridine rings is 1. The molecule has 0 unspecified atom stereocenters. The van der Waals surface area contributed by atoms with E-state index in [1.54, 1.807) is 60.7 Å². The van der Waals surface area contributed by atoms with Crippen LogP contribution in [0.4, 0.5) is 5.69 Å². The van der Waals surface area contributed by atoms with Crippen molar-refractivity contribution in [2.24, 2.45) is 0 Å². The fourth-order valence-corrected chi connectivity index (χ4v) is 3.57. The number of halogens is 1. The number of carbonyl (C=O) groups is 2. The number of nitrogens with zero attached hydrogens (tertiary/aromatic N) is 3. The van der Waals surface area contributed by atoms with Gasteiger partial charge in [0, 0.05) is 22.6 Å². The van der Waals surface area contributed by atoms with Gasteiger partial charge in [-0.2, -0.15) is 5.26 Å². The molecule has 0 aliphatic rings. The number of fused-ring (bicyclic) bond motifs is 1. The van der Waals surface area contributed by atoms with E-state index in [0.717, 1.165) is 0 Å². The van der Waals surface area contributed by atoms with Crippen molar-refractivity contribution in [3.8, 4) is 17.5 Å². The van der Waals surface area contributed by atoms with Crippen LogP contribution in [-0.4, -0.2) is 30.0 Å². The number of anilines is 1. The summed E-state index contributed by atoms with van der Waals surface area (Å²) in [6.07, 6.45) is 1.64. The highest BCUT2D eigenvalue weighted by atomic mass is 35.5. The maximum Gasteiger partial charge on any atom is 0.339 e. The number of rotatable bonds is 7.